The number of halogens is 1. The Morgan fingerprint density at radius 2 is 2.06 bits per heavy atom. The minimum absolute atomic E-state index is 0.103. The normalized spacial score (nSPS) is 11.7. The number of carbonyl (C=O) groups is 1. The molecule has 18 heavy (non-hydrogen) atoms. The third-order valence-corrected chi connectivity index (χ3v) is 3.14. The van der Waals surface area contributed by atoms with Gasteiger partial charge in [0.1, 0.15) is 5.92 Å². The van der Waals surface area contributed by atoms with E-state index in [1.54, 1.807) is 11.9 Å². The van der Waals surface area contributed by atoms with E-state index in [1.165, 1.54) is 0 Å². The van der Waals surface area contributed by atoms with Gasteiger partial charge in [0.15, 0.2) is 0 Å². The van der Waals surface area contributed by atoms with Crippen LogP contribution in [0.15, 0.2) is 24.3 Å². The Kier molecular flexibility index (Phi) is 5.67. The Morgan fingerprint density at radius 3 is 2.56 bits per heavy atom. The van der Waals surface area contributed by atoms with Gasteiger partial charge in [0.2, 0.25) is 5.91 Å². The van der Waals surface area contributed by atoms with Gasteiger partial charge in [0, 0.05) is 18.6 Å². The van der Waals surface area contributed by atoms with Crippen LogP contribution in [0.5, 0.6) is 0 Å². The first-order chi connectivity index (χ1) is 8.58. The third kappa shape index (κ3) is 4.05. The fraction of sp³-hybridized carbons (Fsp3) is 0.429. The molecule has 1 unspecified atom stereocenters. The average molecular weight is 265 g/mol. The number of hydrogen-bond donors (Lipinski definition) is 0. The fourth-order valence-corrected chi connectivity index (χ4v) is 1.77. The molecule has 1 aromatic rings. The van der Waals surface area contributed by atoms with E-state index in [9.17, 15) is 4.79 Å². The number of rotatable bonds is 5. The molecule has 1 amide bonds. The predicted octanol–water partition coefficient (Wildman–Crippen LogP) is 2.89. The van der Waals surface area contributed by atoms with Crippen molar-refractivity contribution in [2.75, 3.05) is 13.6 Å². The highest BCUT2D eigenvalue weighted by Crippen LogP contribution is 2.11. The van der Waals surface area contributed by atoms with Crippen molar-refractivity contribution >= 4 is 17.5 Å². The Morgan fingerprint density at radius 1 is 1.44 bits per heavy atom. The van der Waals surface area contributed by atoms with E-state index in [0.717, 1.165) is 12.0 Å². The molecule has 0 saturated heterocycles. The van der Waals surface area contributed by atoms with Gasteiger partial charge in [0.25, 0.3) is 0 Å². The molecule has 1 atom stereocenters. The van der Waals surface area contributed by atoms with Crippen LogP contribution < -0.4 is 0 Å². The molecule has 0 spiro atoms. The van der Waals surface area contributed by atoms with Gasteiger partial charge in [-0.15, -0.1) is 0 Å². The van der Waals surface area contributed by atoms with E-state index in [1.807, 2.05) is 37.3 Å². The highest BCUT2D eigenvalue weighted by molar-refractivity contribution is 6.30. The molecule has 0 aliphatic rings. The summed E-state index contributed by atoms with van der Waals surface area (Å²) in [5, 5.41) is 9.56. The van der Waals surface area contributed by atoms with Crippen LogP contribution in [0.1, 0.15) is 18.9 Å². The summed E-state index contributed by atoms with van der Waals surface area (Å²) in [7, 11) is 1.73. The van der Waals surface area contributed by atoms with Crippen molar-refractivity contribution in [1.29, 1.82) is 5.26 Å². The molecule has 0 radical (unpaired) electrons. The molecule has 0 N–H and O–H groups in total. The Labute approximate surface area is 113 Å². The van der Waals surface area contributed by atoms with Crippen LogP contribution in [-0.2, 0) is 11.2 Å². The molecule has 0 aliphatic heterocycles. The molecule has 1 aromatic carbocycles. The number of amides is 1. The van der Waals surface area contributed by atoms with Crippen molar-refractivity contribution < 1.29 is 4.79 Å². The van der Waals surface area contributed by atoms with E-state index in [-0.39, 0.29) is 5.91 Å². The summed E-state index contributed by atoms with van der Waals surface area (Å²) >= 11 is 5.80. The van der Waals surface area contributed by atoms with Crippen molar-refractivity contribution in [3.05, 3.63) is 34.9 Å². The SMILES string of the molecule is CCC(C#N)C(=O)N(C)CCc1ccc(Cl)cc1. The van der Waals surface area contributed by atoms with E-state index in [2.05, 4.69) is 0 Å². The van der Waals surface area contributed by atoms with Crippen LogP contribution in [0.2, 0.25) is 5.02 Å². The van der Waals surface area contributed by atoms with Gasteiger partial charge in [-0.3, -0.25) is 4.79 Å². The highest BCUT2D eigenvalue weighted by Gasteiger charge is 2.19. The summed E-state index contributed by atoms with van der Waals surface area (Å²) in [6, 6.07) is 9.60. The van der Waals surface area contributed by atoms with Gasteiger partial charge < -0.3 is 4.90 Å². The van der Waals surface area contributed by atoms with E-state index in [4.69, 9.17) is 16.9 Å². The lowest BCUT2D eigenvalue weighted by Gasteiger charge is -2.19. The van der Waals surface area contributed by atoms with Crippen molar-refractivity contribution in [3.63, 3.8) is 0 Å². The lowest BCUT2D eigenvalue weighted by atomic mass is 10.1. The standard InChI is InChI=1S/C14H17ClN2O/c1-3-12(10-16)14(18)17(2)9-8-11-4-6-13(15)7-5-11/h4-7,12H,3,8-9H2,1-2H3. The van der Waals surface area contributed by atoms with E-state index < -0.39 is 5.92 Å². The first kappa shape index (κ1) is 14.5. The Balaban J connectivity index is 2.51. The Bertz CT molecular complexity index is 436. The maximum atomic E-state index is 11.9. The van der Waals surface area contributed by atoms with Gasteiger partial charge >= 0.3 is 0 Å². The molecule has 0 bridgehead atoms. The number of likely N-dealkylation sites (N-methyl/N-ethyl adjacent to an activating group) is 1. The summed E-state index contributed by atoms with van der Waals surface area (Å²) < 4.78 is 0. The van der Waals surface area contributed by atoms with Crippen LogP contribution in [0.25, 0.3) is 0 Å². The topological polar surface area (TPSA) is 44.1 Å². The van der Waals surface area contributed by atoms with Crippen LogP contribution >= 0.6 is 11.6 Å². The van der Waals surface area contributed by atoms with Crippen LogP contribution in [-0.4, -0.2) is 24.4 Å². The molecule has 0 aliphatic carbocycles. The largest absolute Gasteiger partial charge is 0.344 e. The number of nitriles is 1. The quantitative estimate of drug-likeness (QED) is 0.821. The van der Waals surface area contributed by atoms with Gasteiger partial charge in [-0.05, 0) is 30.5 Å². The molecular weight excluding hydrogens is 248 g/mol. The smallest absolute Gasteiger partial charge is 0.239 e. The predicted molar refractivity (Wildman–Crippen MR) is 72.2 cm³/mol. The minimum atomic E-state index is -0.528. The second kappa shape index (κ2) is 7.03. The monoisotopic (exact) mass is 264 g/mol. The van der Waals surface area contributed by atoms with Crippen molar-refractivity contribution in [1.82, 2.24) is 4.90 Å². The average Bonchev–Trinajstić information content (AvgIpc) is 2.39. The van der Waals surface area contributed by atoms with Gasteiger partial charge in [-0.1, -0.05) is 30.7 Å². The molecular formula is C14H17ClN2O. The maximum Gasteiger partial charge on any atom is 0.239 e. The van der Waals surface area contributed by atoms with E-state index >= 15 is 0 Å². The molecule has 4 heteroatoms. The Hall–Kier alpha value is -1.53. The first-order valence-electron chi connectivity index (χ1n) is 5.97. The maximum absolute atomic E-state index is 11.9. The summed E-state index contributed by atoms with van der Waals surface area (Å²) in [4.78, 5) is 13.5. The van der Waals surface area contributed by atoms with Crippen molar-refractivity contribution in [3.8, 4) is 6.07 Å². The van der Waals surface area contributed by atoms with Crippen LogP contribution in [0.4, 0.5) is 0 Å². The molecule has 96 valence electrons. The minimum Gasteiger partial charge on any atom is -0.344 e. The zero-order valence-electron chi connectivity index (χ0n) is 10.7. The second-order valence-corrected chi connectivity index (χ2v) is 4.66. The molecule has 0 fully saturated rings. The van der Waals surface area contributed by atoms with Gasteiger partial charge in [-0.25, -0.2) is 0 Å². The molecule has 0 aromatic heterocycles. The molecule has 1 rings (SSSR count). The third-order valence-electron chi connectivity index (χ3n) is 2.89. The lowest BCUT2D eigenvalue weighted by Crippen LogP contribution is -2.33. The fourth-order valence-electron chi connectivity index (χ4n) is 1.65. The first-order valence-corrected chi connectivity index (χ1v) is 6.35. The summed E-state index contributed by atoms with van der Waals surface area (Å²) in [6.07, 6.45) is 1.32. The van der Waals surface area contributed by atoms with Gasteiger partial charge in [0.05, 0.1) is 6.07 Å². The van der Waals surface area contributed by atoms with Crippen molar-refractivity contribution in [2.24, 2.45) is 5.92 Å². The summed E-state index contributed by atoms with van der Waals surface area (Å²) in [5.74, 6) is -0.630. The molecule has 0 saturated carbocycles. The van der Waals surface area contributed by atoms with Crippen LogP contribution in [0, 0.1) is 17.2 Å². The highest BCUT2D eigenvalue weighted by atomic mass is 35.5. The number of nitrogens with zero attached hydrogens (tertiary/aromatic N) is 2. The molecule has 3 nitrogen and oxygen atoms in total. The zero-order chi connectivity index (χ0) is 13.5. The van der Waals surface area contributed by atoms with Crippen molar-refractivity contribution in [2.45, 2.75) is 19.8 Å². The second-order valence-electron chi connectivity index (χ2n) is 4.23. The zero-order valence-corrected chi connectivity index (χ0v) is 11.4. The number of benzene rings is 1. The number of carbonyl (C=O) groups excluding carboxylic acids is 1. The summed E-state index contributed by atoms with van der Waals surface area (Å²) in [5.41, 5.74) is 1.13. The molecule has 0 heterocycles. The van der Waals surface area contributed by atoms with Gasteiger partial charge in [-0.2, -0.15) is 5.26 Å². The number of hydrogen-bond acceptors (Lipinski definition) is 2. The summed E-state index contributed by atoms with van der Waals surface area (Å²) in [6.45, 7) is 2.46. The van der Waals surface area contributed by atoms with E-state index in [0.29, 0.717) is 18.0 Å². The lowest BCUT2D eigenvalue weighted by molar-refractivity contribution is -0.132. The van der Waals surface area contributed by atoms with Crippen LogP contribution in [0.3, 0.4) is 0 Å².